The number of rotatable bonds is 5. The molecule has 3 fully saturated rings. The number of piperidine rings is 2. The van der Waals surface area contributed by atoms with E-state index in [4.69, 9.17) is 9.47 Å². The topological polar surface area (TPSA) is 54.9 Å². The van der Waals surface area contributed by atoms with E-state index in [0.717, 1.165) is 50.2 Å². The summed E-state index contributed by atoms with van der Waals surface area (Å²) in [6.45, 7) is 6.08. The number of likely N-dealkylation sites (tertiary alicyclic amines) is 1. The Balaban J connectivity index is 1.39. The minimum Gasteiger partial charge on any atom is -0.347 e. The summed E-state index contributed by atoms with van der Waals surface area (Å²) >= 11 is 0. The summed E-state index contributed by atoms with van der Waals surface area (Å²) in [6, 6.07) is 9.77. The van der Waals surface area contributed by atoms with Gasteiger partial charge in [0.2, 0.25) is 5.91 Å². The van der Waals surface area contributed by atoms with Crippen LogP contribution in [0.25, 0.3) is 0 Å². The third-order valence-electron chi connectivity index (χ3n) is 7.60. The number of pyridine rings is 1. The standard InChI is InChI=1S/C26H31F2N3O3/c1-19-3-2-4-23(29-19)31-18-25(8-7-24(31)32,20-5-6-21(27)22(28)17-20)9-12-30-13-10-26(11-14-30)33-15-16-34-26/h2-6,17H,7-16,18H2,1H3. The number of ether oxygens (including phenoxy) is 2. The minimum absolute atomic E-state index is 0.00625. The van der Waals surface area contributed by atoms with E-state index in [2.05, 4.69) is 9.88 Å². The normalized spacial score (nSPS) is 25.3. The van der Waals surface area contributed by atoms with Gasteiger partial charge in [0.15, 0.2) is 17.4 Å². The molecule has 1 atom stereocenters. The fraction of sp³-hybridized carbons (Fsp3) is 0.538. The van der Waals surface area contributed by atoms with Crippen LogP contribution in [-0.4, -0.2) is 61.0 Å². The van der Waals surface area contributed by atoms with Crippen LogP contribution in [0.3, 0.4) is 0 Å². The molecule has 0 bridgehead atoms. The van der Waals surface area contributed by atoms with Crippen LogP contribution >= 0.6 is 0 Å². The molecule has 3 aliphatic rings. The van der Waals surface area contributed by atoms with E-state index >= 15 is 0 Å². The molecule has 3 saturated heterocycles. The maximum atomic E-state index is 14.3. The van der Waals surface area contributed by atoms with Crippen molar-refractivity contribution in [2.45, 2.75) is 50.2 Å². The fourth-order valence-corrected chi connectivity index (χ4v) is 5.52. The molecule has 182 valence electrons. The van der Waals surface area contributed by atoms with Gasteiger partial charge < -0.3 is 14.4 Å². The number of carbonyl (C=O) groups is 1. The summed E-state index contributed by atoms with van der Waals surface area (Å²) in [5.74, 6) is -1.54. The van der Waals surface area contributed by atoms with Gasteiger partial charge in [-0.1, -0.05) is 12.1 Å². The van der Waals surface area contributed by atoms with E-state index in [1.807, 2.05) is 25.1 Å². The van der Waals surface area contributed by atoms with Crippen molar-refractivity contribution in [2.75, 3.05) is 44.3 Å². The van der Waals surface area contributed by atoms with E-state index in [1.165, 1.54) is 12.1 Å². The first-order chi connectivity index (χ1) is 16.4. The van der Waals surface area contributed by atoms with E-state index in [1.54, 1.807) is 11.0 Å². The van der Waals surface area contributed by atoms with Gasteiger partial charge in [-0.25, -0.2) is 13.8 Å². The van der Waals surface area contributed by atoms with Gasteiger partial charge in [-0.15, -0.1) is 0 Å². The van der Waals surface area contributed by atoms with E-state index < -0.39 is 22.8 Å². The molecule has 1 aromatic carbocycles. The summed E-state index contributed by atoms with van der Waals surface area (Å²) < 4.78 is 39.8. The number of carbonyl (C=O) groups excluding carboxylic acids is 1. The summed E-state index contributed by atoms with van der Waals surface area (Å²) in [4.78, 5) is 21.6. The average Bonchev–Trinajstić information content (AvgIpc) is 3.29. The zero-order chi connectivity index (χ0) is 23.8. The van der Waals surface area contributed by atoms with Crippen LogP contribution in [0.1, 0.15) is 43.4 Å². The lowest BCUT2D eigenvalue weighted by Gasteiger charge is -2.45. The van der Waals surface area contributed by atoms with Gasteiger partial charge in [0.05, 0.1) is 13.2 Å². The first-order valence-electron chi connectivity index (χ1n) is 12.1. The molecule has 0 N–H and O–H groups in total. The first kappa shape index (κ1) is 23.3. The number of hydrogen-bond donors (Lipinski definition) is 0. The van der Waals surface area contributed by atoms with Crippen molar-refractivity contribution >= 4 is 11.7 Å². The molecule has 8 heteroatoms. The molecule has 3 aliphatic heterocycles. The predicted molar refractivity (Wildman–Crippen MR) is 124 cm³/mol. The van der Waals surface area contributed by atoms with Crippen LogP contribution in [0.15, 0.2) is 36.4 Å². The second-order valence-corrected chi connectivity index (χ2v) is 9.73. The van der Waals surface area contributed by atoms with Crippen LogP contribution < -0.4 is 4.90 Å². The lowest BCUT2D eigenvalue weighted by atomic mass is 9.71. The number of nitrogens with zero attached hydrogens (tertiary/aromatic N) is 3. The van der Waals surface area contributed by atoms with Crippen molar-refractivity contribution in [2.24, 2.45) is 0 Å². The molecular weight excluding hydrogens is 440 g/mol. The Morgan fingerprint density at radius 2 is 1.79 bits per heavy atom. The number of aryl methyl sites for hydroxylation is 1. The minimum atomic E-state index is -0.860. The highest BCUT2D eigenvalue weighted by atomic mass is 19.2. The average molecular weight is 472 g/mol. The molecule has 4 heterocycles. The highest BCUT2D eigenvalue weighted by Crippen LogP contribution is 2.40. The summed E-state index contributed by atoms with van der Waals surface area (Å²) in [5.41, 5.74) is 1.06. The van der Waals surface area contributed by atoms with Gasteiger partial charge >= 0.3 is 0 Å². The van der Waals surface area contributed by atoms with Gasteiger partial charge in [-0.05, 0) is 56.1 Å². The van der Waals surface area contributed by atoms with Gasteiger partial charge in [-0.2, -0.15) is 0 Å². The third kappa shape index (κ3) is 4.59. The quantitative estimate of drug-likeness (QED) is 0.661. The Hall–Kier alpha value is -2.42. The molecule has 6 nitrogen and oxygen atoms in total. The van der Waals surface area contributed by atoms with Crippen LogP contribution in [0.5, 0.6) is 0 Å². The molecule has 5 rings (SSSR count). The van der Waals surface area contributed by atoms with Crippen molar-refractivity contribution in [1.29, 1.82) is 0 Å². The second kappa shape index (κ2) is 9.32. The van der Waals surface area contributed by atoms with Gasteiger partial charge in [-0.3, -0.25) is 9.69 Å². The highest BCUT2D eigenvalue weighted by molar-refractivity contribution is 5.93. The fourth-order valence-electron chi connectivity index (χ4n) is 5.52. The van der Waals surface area contributed by atoms with Crippen LogP contribution in [0.4, 0.5) is 14.6 Å². The zero-order valence-corrected chi connectivity index (χ0v) is 19.6. The second-order valence-electron chi connectivity index (χ2n) is 9.73. The molecule has 1 spiro atoms. The molecule has 1 unspecified atom stereocenters. The molecule has 1 aromatic heterocycles. The third-order valence-corrected chi connectivity index (χ3v) is 7.60. The maximum absolute atomic E-state index is 14.3. The Labute approximate surface area is 198 Å². The lowest BCUT2D eigenvalue weighted by Crippen LogP contribution is -2.52. The summed E-state index contributed by atoms with van der Waals surface area (Å²) in [5, 5.41) is 0. The van der Waals surface area contributed by atoms with Crippen molar-refractivity contribution in [1.82, 2.24) is 9.88 Å². The van der Waals surface area contributed by atoms with Crippen LogP contribution in [0.2, 0.25) is 0 Å². The number of hydrogen-bond acceptors (Lipinski definition) is 5. The number of amides is 1. The predicted octanol–water partition coefficient (Wildman–Crippen LogP) is 3.96. The molecule has 0 saturated carbocycles. The molecule has 0 aliphatic carbocycles. The molecular formula is C26H31F2N3O3. The Morgan fingerprint density at radius 3 is 2.50 bits per heavy atom. The van der Waals surface area contributed by atoms with Crippen LogP contribution in [0, 0.1) is 18.6 Å². The number of halogens is 2. The molecule has 1 amide bonds. The van der Waals surface area contributed by atoms with Gasteiger partial charge in [0.25, 0.3) is 0 Å². The van der Waals surface area contributed by atoms with Crippen molar-refractivity contribution in [3.63, 3.8) is 0 Å². The highest BCUT2D eigenvalue weighted by Gasteiger charge is 2.43. The van der Waals surface area contributed by atoms with Crippen LogP contribution in [-0.2, 0) is 19.7 Å². The molecule has 0 radical (unpaired) electrons. The van der Waals surface area contributed by atoms with Crippen molar-refractivity contribution < 1.29 is 23.0 Å². The zero-order valence-electron chi connectivity index (χ0n) is 19.6. The summed E-state index contributed by atoms with van der Waals surface area (Å²) in [7, 11) is 0. The smallest absolute Gasteiger partial charge is 0.228 e. The van der Waals surface area contributed by atoms with Gasteiger partial charge in [0.1, 0.15) is 5.82 Å². The number of aromatic nitrogens is 1. The monoisotopic (exact) mass is 471 g/mol. The maximum Gasteiger partial charge on any atom is 0.228 e. The van der Waals surface area contributed by atoms with Crippen molar-refractivity contribution in [3.8, 4) is 0 Å². The summed E-state index contributed by atoms with van der Waals surface area (Å²) in [6.07, 6.45) is 3.29. The molecule has 34 heavy (non-hydrogen) atoms. The Kier molecular flexibility index (Phi) is 6.39. The SMILES string of the molecule is Cc1cccc(N2CC(CCN3CCC4(CC3)OCCO4)(c3ccc(F)c(F)c3)CCC2=O)n1. The Morgan fingerprint density at radius 1 is 1.03 bits per heavy atom. The number of anilines is 1. The van der Waals surface area contributed by atoms with E-state index in [0.29, 0.717) is 38.4 Å². The Bertz CT molecular complexity index is 1050. The first-order valence-corrected chi connectivity index (χ1v) is 12.1. The van der Waals surface area contributed by atoms with Gasteiger partial charge in [0, 0.05) is 50.0 Å². The van der Waals surface area contributed by atoms with E-state index in [9.17, 15) is 13.6 Å². The molecule has 2 aromatic rings. The van der Waals surface area contributed by atoms with Crippen molar-refractivity contribution in [3.05, 3.63) is 59.3 Å². The number of benzene rings is 1. The van der Waals surface area contributed by atoms with E-state index in [-0.39, 0.29) is 5.91 Å². The largest absolute Gasteiger partial charge is 0.347 e. The lowest BCUT2D eigenvalue weighted by molar-refractivity contribution is -0.185.